The van der Waals surface area contributed by atoms with Gasteiger partial charge in [-0.3, -0.25) is 9.78 Å². The van der Waals surface area contributed by atoms with E-state index in [1.807, 2.05) is 12.1 Å². The summed E-state index contributed by atoms with van der Waals surface area (Å²) >= 11 is 0. The highest BCUT2D eigenvalue weighted by molar-refractivity contribution is 5.94. The molecule has 108 valence electrons. The van der Waals surface area contributed by atoms with E-state index in [1.54, 1.807) is 41.6 Å². The first-order valence-electron chi connectivity index (χ1n) is 6.95. The van der Waals surface area contributed by atoms with E-state index in [0.717, 1.165) is 13.0 Å². The van der Waals surface area contributed by atoms with Crippen LogP contribution in [0.2, 0.25) is 0 Å². The molecule has 0 spiro atoms. The summed E-state index contributed by atoms with van der Waals surface area (Å²) in [4.78, 5) is 18.1. The number of hydrogen-bond acceptors (Lipinski definition) is 4. The summed E-state index contributed by atoms with van der Waals surface area (Å²) in [5.41, 5.74) is 6.47. The molecule has 1 saturated heterocycles. The van der Waals surface area contributed by atoms with Gasteiger partial charge in [-0.15, -0.1) is 0 Å². The molecule has 1 aliphatic heterocycles. The molecule has 0 aliphatic carbocycles. The molecule has 1 aromatic heterocycles. The Morgan fingerprint density at radius 2 is 2.05 bits per heavy atom. The maximum Gasteiger partial charge on any atom is 0.254 e. The molecule has 1 aliphatic rings. The molecule has 0 bridgehead atoms. The van der Waals surface area contributed by atoms with Crippen molar-refractivity contribution in [1.82, 2.24) is 9.88 Å². The van der Waals surface area contributed by atoms with Crippen molar-refractivity contribution in [2.45, 2.75) is 12.5 Å². The number of aromatic nitrogens is 1. The zero-order valence-corrected chi connectivity index (χ0v) is 11.6. The highest BCUT2D eigenvalue weighted by Gasteiger charge is 2.24. The zero-order chi connectivity index (χ0) is 14.7. The van der Waals surface area contributed by atoms with Crippen LogP contribution >= 0.6 is 0 Å². The third-order valence-corrected chi connectivity index (χ3v) is 3.48. The summed E-state index contributed by atoms with van der Waals surface area (Å²) < 4.78 is 5.72. The Balaban J connectivity index is 1.75. The second-order valence-electron chi connectivity index (χ2n) is 5.11. The molecule has 1 unspecified atom stereocenters. The summed E-state index contributed by atoms with van der Waals surface area (Å²) in [6.07, 6.45) is 4.19. The molecule has 5 nitrogen and oxygen atoms in total. The van der Waals surface area contributed by atoms with Gasteiger partial charge in [0.05, 0.1) is 0 Å². The Morgan fingerprint density at radius 1 is 1.24 bits per heavy atom. The normalized spacial score (nSPS) is 17.8. The quantitative estimate of drug-likeness (QED) is 0.936. The fraction of sp³-hybridized carbons (Fsp3) is 0.250. The van der Waals surface area contributed by atoms with E-state index in [9.17, 15) is 4.79 Å². The maximum absolute atomic E-state index is 12.4. The smallest absolute Gasteiger partial charge is 0.254 e. The number of likely N-dealkylation sites (tertiary alicyclic amines) is 1. The lowest BCUT2D eigenvalue weighted by molar-refractivity contribution is 0.0790. The van der Waals surface area contributed by atoms with Gasteiger partial charge >= 0.3 is 0 Å². The lowest BCUT2D eigenvalue weighted by atomic mass is 10.2. The number of carbonyl (C=O) groups is 1. The molecule has 2 N–H and O–H groups in total. The molecule has 1 amide bonds. The minimum Gasteiger partial charge on any atom is -0.457 e. The molecule has 3 rings (SSSR count). The molecule has 0 saturated carbocycles. The van der Waals surface area contributed by atoms with E-state index in [2.05, 4.69) is 4.98 Å². The topological polar surface area (TPSA) is 68.5 Å². The fourth-order valence-electron chi connectivity index (χ4n) is 2.39. The van der Waals surface area contributed by atoms with Crippen molar-refractivity contribution in [3.63, 3.8) is 0 Å². The lowest BCUT2D eigenvalue weighted by Gasteiger charge is -2.16. The van der Waals surface area contributed by atoms with Gasteiger partial charge in [0.15, 0.2) is 0 Å². The van der Waals surface area contributed by atoms with Crippen LogP contribution in [-0.2, 0) is 0 Å². The minimum atomic E-state index is 0.00290. The van der Waals surface area contributed by atoms with Gasteiger partial charge in [-0.25, -0.2) is 0 Å². The third kappa shape index (κ3) is 3.20. The molecule has 2 aromatic rings. The summed E-state index contributed by atoms with van der Waals surface area (Å²) in [7, 11) is 0. The Labute approximate surface area is 123 Å². The van der Waals surface area contributed by atoms with Crippen molar-refractivity contribution in [3.8, 4) is 11.5 Å². The SMILES string of the molecule is NC1CCN(C(=O)c2cccc(Oc3ccncc3)c2)C1. The average molecular weight is 283 g/mol. The largest absolute Gasteiger partial charge is 0.457 e. The number of nitrogens with zero attached hydrogens (tertiary/aromatic N) is 2. The van der Waals surface area contributed by atoms with Crippen molar-refractivity contribution in [2.24, 2.45) is 5.73 Å². The van der Waals surface area contributed by atoms with Crippen LogP contribution in [-0.4, -0.2) is 34.9 Å². The van der Waals surface area contributed by atoms with Crippen LogP contribution < -0.4 is 10.5 Å². The number of rotatable bonds is 3. The number of carbonyl (C=O) groups excluding carboxylic acids is 1. The van der Waals surface area contributed by atoms with Crippen LogP contribution in [0, 0.1) is 0 Å². The Hall–Kier alpha value is -2.40. The number of nitrogens with two attached hydrogens (primary N) is 1. The second-order valence-corrected chi connectivity index (χ2v) is 5.11. The summed E-state index contributed by atoms with van der Waals surface area (Å²) in [6.45, 7) is 1.34. The number of amides is 1. The zero-order valence-electron chi connectivity index (χ0n) is 11.6. The first kappa shape index (κ1) is 13.6. The van der Waals surface area contributed by atoms with Crippen LogP contribution in [0.3, 0.4) is 0 Å². The van der Waals surface area contributed by atoms with Crippen molar-refractivity contribution >= 4 is 5.91 Å². The highest BCUT2D eigenvalue weighted by atomic mass is 16.5. The molecule has 1 aromatic carbocycles. The van der Waals surface area contributed by atoms with Crippen molar-refractivity contribution in [3.05, 3.63) is 54.4 Å². The molecule has 1 fully saturated rings. The van der Waals surface area contributed by atoms with Crippen molar-refractivity contribution in [1.29, 1.82) is 0 Å². The van der Waals surface area contributed by atoms with E-state index in [-0.39, 0.29) is 11.9 Å². The van der Waals surface area contributed by atoms with E-state index in [0.29, 0.717) is 23.6 Å². The Kier molecular flexibility index (Phi) is 3.83. The average Bonchev–Trinajstić information content (AvgIpc) is 2.94. The van der Waals surface area contributed by atoms with E-state index in [1.165, 1.54) is 0 Å². The Morgan fingerprint density at radius 3 is 2.76 bits per heavy atom. The molecule has 5 heteroatoms. The fourth-order valence-corrected chi connectivity index (χ4v) is 2.39. The third-order valence-electron chi connectivity index (χ3n) is 3.48. The maximum atomic E-state index is 12.4. The van der Waals surface area contributed by atoms with Gasteiger partial charge in [0, 0.05) is 37.1 Å². The van der Waals surface area contributed by atoms with Gasteiger partial charge in [0.1, 0.15) is 11.5 Å². The number of hydrogen-bond donors (Lipinski definition) is 1. The van der Waals surface area contributed by atoms with Crippen LogP contribution in [0.4, 0.5) is 0 Å². The van der Waals surface area contributed by atoms with E-state index < -0.39 is 0 Å². The standard InChI is InChI=1S/C16H17N3O2/c17-13-6-9-19(11-13)16(20)12-2-1-3-15(10-12)21-14-4-7-18-8-5-14/h1-5,7-8,10,13H,6,9,11,17H2. The van der Waals surface area contributed by atoms with Crippen LogP contribution in [0.1, 0.15) is 16.8 Å². The van der Waals surface area contributed by atoms with Crippen LogP contribution in [0.5, 0.6) is 11.5 Å². The van der Waals surface area contributed by atoms with E-state index in [4.69, 9.17) is 10.5 Å². The van der Waals surface area contributed by atoms with E-state index >= 15 is 0 Å². The van der Waals surface area contributed by atoms with Crippen LogP contribution in [0.15, 0.2) is 48.8 Å². The van der Waals surface area contributed by atoms with Gasteiger partial charge in [0.25, 0.3) is 5.91 Å². The number of benzene rings is 1. The molecular weight excluding hydrogens is 266 g/mol. The van der Waals surface area contributed by atoms with Gasteiger partial charge < -0.3 is 15.4 Å². The first-order chi connectivity index (χ1) is 10.2. The molecule has 2 heterocycles. The molecule has 1 atom stereocenters. The highest BCUT2D eigenvalue weighted by Crippen LogP contribution is 2.22. The predicted molar refractivity (Wildman–Crippen MR) is 79.2 cm³/mol. The van der Waals surface area contributed by atoms with Crippen molar-refractivity contribution < 1.29 is 9.53 Å². The molecular formula is C16H17N3O2. The lowest BCUT2D eigenvalue weighted by Crippen LogP contribution is -2.31. The Bertz CT molecular complexity index is 630. The van der Waals surface area contributed by atoms with Gasteiger partial charge in [0.2, 0.25) is 0 Å². The first-order valence-corrected chi connectivity index (χ1v) is 6.95. The summed E-state index contributed by atoms with van der Waals surface area (Å²) in [5, 5.41) is 0. The molecule has 21 heavy (non-hydrogen) atoms. The second kappa shape index (κ2) is 5.93. The van der Waals surface area contributed by atoms with Gasteiger partial charge in [-0.05, 0) is 36.8 Å². The van der Waals surface area contributed by atoms with Crippen LogP contribution in [0.25, 0.3) is 0 Å². The summed E-state index contributed by atoms with van der Waals surface area (Å²) in [6, 6.07) is 10.8. The van der Waals surface area contributed by atoms with Gasteiger partial charge in [-0.1, -0.05) is 6.07 Å². The number of pyridine rings is 1. The predicted octanol–water partition coefficient (Wildman–Crippen LogP) is 2.05. The monoisotopic (exact) mass is 283 g/mol. The minimum absolute atomic E-state index is 0.00290. The number of ether oxygens (including phenoxy) is 1. The van der Waals surface area contributed by atoms with Gasteiger partial charge in [-0.2, -0.15) is 0 Å². The summed E-state index contributed by atoms with van der Waals surface area (Å²) in [5.74, 6) is 1.33. The molecule has 0 radical (unpaired) electrons. The van der Waals surface area contributed by atoms with Crippen molar-refractivity contribution in [2.75, 3.05) is 13.1 Å².